The molecule has 0 saturated heterocycles. The average Bonchev–Trinajstić information content (AvgIpc) is 3.06. The second-order valence-electron chi connectivity index (χ2n) is 6.20. The fourth-order valence-corrected chi connectivity index (χ4v) is 4.46. The van der Waals surface area contributed by atoms with Gasteiger partial charge >= 0.3 is 0 Å². The van der Waals surface area contributed by atoms with Crippen LogP contribution in [0.3, 0.4) is 0 Å². The lowest BCUT2D eigenvalue weighted by atomic mass is 10.1. The van der Waals surface area contributed by atoms with Crippen LogP contribution in [-0.2, 0) is 17.1 Å². The molecule has 0 radical (unpaired) electrons. The molecule has 0 fully saturated rings. The topological polar surface area (TPSA) is 117 Å². The molecule has 0 aliphatic rings. The molecule has 0 aliphatic heterocycles. The number of nitrogens with one attached hydrogen (secondary N) is 2. The number of anilines is 1. The molecule has 2 N–H and O–H groups in total. The summed E-state index contributed by atoms with van der Waals surface area (Å²) in [4.78, 5) is 27.4. The molecular formula is C18H21N5O4S. The maximum Gasteiger partial charge on any atom is 0.256 e. The Bertz CT molecular complexity index is 1190. The van der Waals surface area contributed by atoms with Crippen LogP contribution in [0.2, 0.25) is 0 Å². The second kappa shape index (κ2) is 7.56. The second-order valence-corrected chi connectivity index (χ2v) is 8.14. The zero-order valence-electron chi connectivity index (χ0n) is 15.8. The molecule has 9 nitrogen and oxygen atoms in total. The number of pyridine rings is 1. The number of aromatic nitrogens is 3. The van der Waals surface area contributed by atoms with E-state index in [-0.39, 0.29) is 10.5 Å². The summed E-state index contributed by atoms with van der Waals surface area (Å²) in [7, 11) is -1.99. The number of benzene rings is 1. The highest BCUT2D eigenvalue weighted by molar-refractivity contribution is 7.89. The van der Waals surface area contributed by atoms with Gasteiger partial charge in [-0.25, -0.2) is 8.42 Å². The third kappa shape index (κ3) is 3.69. The minimum absolute atomic E-state index is 0.0613. The molecule has 0 unspecified atom stereocenters. The maximum absolute atomic E-state index is 12.8. The minimum Gasteiger partial charge on any atom is -0.322 e. The molecule has 2 aromatic heterocycles. The number of carbonyl (C=O) groups excluding carboxylic acids is 1. The molecule has 3 aromatic rings. The van der Waals surface area contributed by atoms with E-state index in [2.05, 4.69) is 15.4 Å². The van der Waals surface area contributed by atoms with Gasteiger partial charge in [0.25, 0.3) is 5.91 Å². The van der Waals surface area contributed by atoms with Crippen LogP contribution in [0, 0.1) is 0 Å². The van der Waals surface area contributed by atoms with E-state index in [0.717, 1.165) is 6.07 Å². The largest absolute Gasteiger partial charge is 0.322 e. The number of amides is 1. The maximum atomic E-state index is 12.8. The van der Waals surface area contributed by atoms with Gasteiger partial charge < -0.3 is 10.3 Å². The molecule has 148 valence electrons. The predicted molar refractivity (Wildman–Crippen MR) is 106 cm³/mol. The van der Waals surface area contributed by atoms with Gasteiger partial charge in [0.2, 0.25) is 15.6 Å². The van der Waals surface area contributed by atoms with Crippen LogP contribution in [0.25, 0.3) is 10.9 Å². The molecule has 2 heterocycles. The molecule has 0 spiro atoms. The zero-order chi connectivity index (χ0) is 20.5. The number of hydrogen-bond acceptors (Lipinski definition) is 5. The quantitative estimate of drug-likeness (QED) is 0.647. The van der Waals surface area contributed by atoms with E-state index >= 15 is 0 Å². The van der Waals surface area contributed by atoms with Crippen molar-refractivity contribution in [3.8, 4) is 0 Å². The summed E-state index contributed by atoms with van der Waals surface area (Å²) in [5.74, 6) is -0.526. The molecule has 1 aromatic carbocycles. The first kappa shape index (κ1) is 19.8. The van der Waals surface area contributed by atoms with Crippen LogP contribution < -0.4 is 10.9 Å². The van der Waals surface area contributed by atoms with Crippen LogP contribution in [0.15, 0.2) is 46.3 Å². The van der Waals surface area contributed by atoms with Crippen molar-refractivity contribution in [2.75, 3.05) is 18.4 Å². The van der Waals surface area contributed by atoms with E-state index < -0.39 is 21.5 Å². The van der Waals surface area contributed by atoms with Gasteiger partial charge in [-0.15, -0.1) is 0 Å². The number of hydrogen-bond donors (Lipinski definition) is 2. The molecule has 0 saturated carbocycles. The number of H-pyrrole nitrogens is 1. The van der Waals surface area contributed by atoms with Gasteiger partial charge in [-0.2, -0.15) is 9.40 Å². The van der Waals surface area contributed by atoms with Crippen molar-refractivity contribution >= 4 is 32.5 Å². The molecule has 3 rings (SSSR count). The van der Waals surface area contributed by atoms with Crippen molar-refractivity contribution in [2.45, 2.75) is 18.7 Å². The highest BCUT2D eigenvalue weighted by Gasteiger charge is 2.23. The van der Waals surface area contributed by atoms with E-state index in [1.807, 2.05) is 0 Å². The van der Waals surface area contributed by atoms with Crippen molar-refractivity contribution in [3.05, 3.63) is 52.6 Å². The van der Waals surface area contributed by atoms with Gasteiger partial charge in [-0.3, -0.25) is 14.3 Å². The first-order chi connectivity index (χ1) is 13.3. The van der Waals surface area contributed by atoms with Crippen LogP contribution in [0.5, 0.6) is 0 Å². The normalized spacial score (nSPS) is 11.9. The van der Waals surface area contributed by atoms with Gasteiger partial charge in [0.05, 0.1) is 22.3 Å². The summed E-state index contributed by atoms with van der Waals surface area (Å²) >= 11 is 0. The summed E-state index contributed by atoms with van der Waals surface area (Å²) in [5.41, 5.74) is 0.470. The Morgan fingerprint density at radius 1 is 1.25 bits per heavy atom. The van der Waals surface area contributed by atoms with Crippen molar-refractivity contribution in [2.24, 2.45) is 7.05 Å². The smallest absolute Gasteiger partial charge is 0.256 e. The molecule has 10 heteroatoms. The Labute approximate surface area is 162 Å². The predicted octanol–water partition coefficient (Wildman–Crippen LogP) is 1.54. The Morgan fingerprint density at radius 3 is 2.57 bits per heavy atom. The van der Waals surface area contributed by atoms with Gasteiger partial charge in [-0.05, 0) is 18.2 Å². The zero-order valence-corrected chi connectivity index (χ0v) is 16.6. The Morgan fingerprint density at radius 2 is 1.96 bits per heavy atom. The lowest BCUT2D eigenvalue weighted by Gasteiger charge is -2.19. The summed E-state index contributed by atoms with van der Waals surface area (Å²) in [6.45, 7) is 4.17. The van der Waals surface area contributed by atoms with Gasteiger partial charge in [0.1, 0.15) is 0 Å². The van der Waals surface area contributed by atoms with Crippen LogP contribution in [0.1, 0.15) is 24.2 Å². The Balaban J connectivity index is 2.12. The monoisotopic (exact) mass is 403 g/mol. The van der Waals surface area contributed by atoms with Crippen molar-refractivity contribution in [1.29, 1.82) is 0 Å². The van der Waals surface area contributed by atoms with Crippen molar-refractivity contribution in [1.82, 2.24) is 19.1 Å². The highest BCUT2D eigenvalue weighted by atomic mass is 32.2. The summed E-state index contributed by atoms with van der Waals surface area (Å²) in [5, 5.41) is 6.99. The molecule has 28 heavy (non-hydrogen) atoms. The first-order valence-corrected chi connectivity index (χ1v) is 10.2. The van der Waals surface area contributed by atoms with Gasteiger partial charge in [-0.1, -0.05) is 13.8 Å². The third-order valence-corrected chi connectivity index (χ3v) is 6.41. The fourth-order valence-electron chi connectivity index (χ4n) is 2.98. The molecule has 1 amide bonds. The number of sulfonamides is 1. The van der Waals surface area contributed by atoms with Gasteiger partial charge in [0.15, 0.2) is 0 Å². The lowest BCUT2D eigenvalue weighted by molar-refractivity contribution is 0.102. The van der Waals surface area contributed by atoms with Crippen LogP contribution in [-0.4, -0.2) is 46.5 Å². The number of aromatic amines is 1. The number of carbonyl (C=O) groups is 1. The van der Waals surface area contributed by atoms with Crippen LogP contribution >= 0.6 is 0 Å². The molecular weight excluding hydrogens is 382 g/mol. The summed E-state index contributed by atoms with van der Waals surface area (Å²) in [6, 6.07) is 5.49. The lowest BCUT2D eigenvalue weighted by Crippen LogP contribution is -2.30. The van der Waals surface area contributed by atoms with E-state index in [1.165, 1.54) is 33.4 Å². The molecule has 0 bridgehead atoms. The summed E-state index contributed by atoms with van der Waals surface area (Å²) < 4.78 is 28.5. The SMILES string of the molecule is CCN(CC)S(=O)(=O)c1ccc2[nH]c(=O)cc(C(=O)Nc3cnn(C)c3)c2c1. The molecule has 0 atom stereocenters. The van der Waals surface area contributed by atoms with E-state index in [9.17, 15) is 18.0 Å². The first-order valence-electron chi connectivity index (χ1n) is 8.73. The van der Waals surface area contributed by atoms with E-state index in [1.54, 1.807) is 27.1 Å². The minimum atomic E-state index is -3.70. The van der Waals surface area contributed by atoms with Crippen molar-refractivity contribution in [3.63, 3.8) is 0 Å². The third-order valence-electron chi connectivity index (χ3n) is 4.37. The Kier molecular flexibility index (Phi) is 5.34. The van der Waals surface area contributed by atoms with E-state index in [4.69, 9.17) is 0 Å². The van der Waals surface area contributed by atoms with E-state index in [0.29, 0.717) is 29.7 Å². The van der Waals surface area contributed by atoms with Crippen molar-refractivity contribution < 1.29 is 13.2 Å². The number of rotatable bonds is 6. The average molecular weight is 403 g/mol. The van der Waals surface area contributed by atoms with Crippen LogP contribution in [0.4, 0.5) is 5.69 Å². The number of aryl methyl sites for hydroxylation is 1. The fraction of sp³-hybridized carbons (Fsp3) is 0.278. The summed E-state index contributed by atoms with van der Waals surface area (Å²) in [6.07, 6.45) is 3.09. The molecule has 0 aliphatic carbocycles. The van der Waals surface area contributed by atoms with Gasteiger partial charge in [0, 0.05) is 43.3 Å². The number of fused-ring (bicyclic) bond motifs is 1. The standard InChI is InChI=1S/C18H21N5O4S/c1-4-23(5-2)28(26,27)13-6-7-16-14(8-13)15(9-17(24)21-16)18(25)20-12-10-19-22(3)11-12/h6-11H,4-5H2,1-3H3,(H,20,25)(H,21,24). The Hall–Kier alpha value is -2.98. The number of nitrogens with zero attached hydrogens (tertiary/aromatic N) is 3. The highest BCUT2D eigenvalue weighted by Crippen LogP contribution is 2.23.